The number of hydrogen-bond acceptors (Lipinski definition) is 2. The van der Waals surface area contributed by atoms with E-state index in [1.54, 1.807) is 6.20 Å². The van der Waals surface area contributed by atoms with Crippen LogP contribution in [0, 0.1) is 11.6 Å². The molecule has 0 bridgehead atoms. The van der Waals surface area contributed by atoms with Crippen molar-refractivity contribution >= 4 is 0 Å². The van der Waals surface area contributed by atoms with Crippen molar-refractivity contribution in [2.45, 2.75) is 26.4 Å². The second kappa shape index (κ2) is 6.43. The van der Waals surface area contributed by atoms with Gasteiger partial charge in [-0.15, -0.1) is 0 Å². The summed E-state index contributed by atoms with van der Waals surface area (Å²) in [5, 5.41) is 3.22. The van der Waals surface area contributed by atoms with Crippen molar-refractivity contribution in [3.05, 3.63) is 53.6 Å². The summed E-state index contributed by atoms with van der Waals surface area (Å²) in [4.78, 5) is 4.24. The minimum Gasteiger partial charge on any atom is -0.334 e. The molecule has 0 saturated heterocycles. The van der Waals surface area contributed by atoms with E-state index in [-0.39, 0.29) is 0 Å². The summed E-state index contributed by atoms with van der Waals surface area (Å²) in [6.07, 6.45) is 4.28. The first-order valence-electron chi connectivity index (χ1n) is 6.34. The van der Waals surface area contributed by atoms with Gasteiger partial charge in [-0.05, 0) is 37.6 Å². The number of nitrogens with one attached hydrogen (secondary N) is 1. The van der Waals surface area contributed by atoms with Gasteiger partial charge in [0.2, 0.25) is 0 Å². The Kier molecular flexibility index (Phi) is 4.63. The van der Waals surface area contributed by atoms with Gasteiger partial charge in [0.05, 0.1) is 6.54 Å². The molecule has 0 aliphatic heterocycles. The van der Waals surface area contributed by atoms with Gasteiger partial charge in [0, 0.05) is 25.0 Å². The maximum Gasteiger partial charge on any atom is 0.126 e. The van der Waals surface area contributed by atoms with Gasteiger partial charge >= 0.3 is 0 Å². The number of imidazole rings is 1. The Morgan fingerprint density at radius 1 is 1.21 bits per heavy atom. The molecule has 1 aromatic carbocycles. The molecule has 0 amide bonds. The number of halogens is 2. The van der Waals surface area contributed by atoms with Crippen LogP contribution in [-0.2, 0) is 19.5 Å². The fourth-order valence-corrected chi connectivity index (χ4v) is 1.98. The third-order valence-corrected chi connectivity index (χ3v) is 2.94. The number of nitrogens with zero attached hydrogens (tertiary/aromatic N) is 2. The lowest BCUT2D eigenvalue weighted by atomic mass is 10.1. The normalized spacial score (nSPS) is 10.9. The number of benzene rings is 1. The fourth-order valence-electron chi connectivity index (χ4n) is 1.98. The zero-order chi connectivity index (χ0) is 13.7. The Bertz CT molecular complexity index is 517. The van der Waals surface area contributed by atoms with Crippen LogP contribution in [0.3, 0.4) is 0 Å². The molecule has 2 aromatic rings. The van der Waals surface area contributed by atoms with Crippen LogP contribution in [0.2, 0.25) is 0 Å². The molecule has 0 fully saturated rings. The molecule has 0 spiro atoms. The van der Waals surface area contributed by atoms with E-state index in [4.69, 9.17) is 0 Å². The molecular formula is C14H17F2N3. The summed E-state index contributed by atoms with van der Waals surface area (Å²) in [5.74, 6) is -0.0963. The minimum absolute atomic E-state index is 0.531. The van der Waals surface area contributed by atoms with Crippen LogP contribution in [0.5, 0.6) is 0 Å². The predicted octanol–water partition coefficient (Wildman–Crippen LogP) is 2.51. The van der Waals surface area contributed by atoms with E-state index in [1.807, 2.05) is 6.20 Å². The molecule has 0 saturated carbocycles. The third kappa shape index (κ3) is 3.86. The van der Waals surface area contributed by atoms with Crippen molar-refractivity contribution in [3.8, 4) is 0 Å². The second-order valence-corrected chi connectivity index (χ2v) is 4.33. The molecule has 0 aliphatic rings. The van der Waals surface area contributed by atoms with Crippen LogP contribution in [0.15, 0.2) is 30.6 Å². The van der Waals surface area contributed by atoms with Crippen LogP contribution >= 0.6 is 0 Å². The van der Waals surface area contributed by atoms with Gasteiger partial charge in [-0.3, -0.25) is 0 Å². The molecule has 5 heteroatoms. The van der Waals surface area contributed by atoms with Crippen LogP contribution in [0.1, 0.15) is 18.3 Å². The van der Waals surface area contributed by atoms with Crippen LogP contribution < -0.4 is 5.32 Å². The molecule has 1 N–H and O–H groups in total. The molecule has 3 nitrogen and oxygen atoms in total. The minimum atomic E-state index is -0.531. The molecule has 2 rings (SSSR count). The Hall–Kier alpha value is -1.75. The molecule has 19 heavy (non-hydrogen) atoms. The zero-order valence-corrected chi connectivity index (χ0v) is 10.9. The zero-order valence-electron chi connectivity index (χ0n) is 10.9. The summed E-state index contributed by atoms with van der Waals surface area (Å²) in [5.41, 5.74) is 0.656. The van der Waals surface area contributed by atoms with E-state index in [2.05, 4.69) is 21.8 Å². The number of hydrogen-bond donors (Lipinski definition) is 1. The first-order chi connectivity index (χ1) is 9.19. The highest BCUT2D eigenvalue weighted by Gasteiger charge is 2.02. The van der Waals surface area contributed by atoms with Crippen molar-refractivity contribution in [1.29, 1.82) is 0 Å². The first-order valence-corrected chi connectivity index (χ1v) is 6.34. The summed E-state index contributed by atoms with van der Waals surface area (Å²) in [6, 6.07) is 3.60. The third-order valence-electron chi connectivity index (χ3n) is 2.94. The maximum absolute atomic E-state index is 13.0. The molecule has 1 heterocycles. The van der Waals surface area contributed by atoms with Crippen LogP contribution in [0.4, 0.5) is 8.78 Å². The van der Waals surface area contributed by atoms with E-state index < -0.39 is 11.6 Å². The Balaban J connectivity index is 1.80. The smallest absolute Gasteiger partial charge is 0.126 e. The SMILES string of the molecule is CCn1ccnc1CNCCc1cc(F)cc(F)c1. The number of aryl methyl sites for hydroxylation is 1. The van der Waals surface area contributed by atoms with Gasteiger partial charge in [-0.2, -0.15) is 0 Å². The molecule has 1 aromatic heterocycles. The standard InChI is InChI=1S/C14H17F2N3/c1-2-19-6-5-18-14(19)10-17-4-3-11-7-12(15)9-13(16)8-11/h5-9,17H,2-4,10H2,1H3. The van der Waals surface area contributed by atoms with Gasteiger partial charge in [0.15, 0.2) is 0 Å². The van der Waals surface area contributed by atoms with Crippen molar-refractivity contribution in [1.82, 2.24) is 14.9 Å². The lowest BCUT2D eigenvalue weighted by molar-refractivity contribution is 0.575. The maximum atomic E-state index is 13.0. The van der Waals surface area contributed by atoms with Crippen molar-refractivity contribution in [3.63, 3.8) is 0 Å². The predicted molar refractivity (Wildman–Crippen MR) is 69.7 cm³/mol. The Morgan fingerprint density at radius 3 is 2.63 bits per heavy atom. The van der Waals surface area contributed by atoms with Gasteiger partial charge in [-0.1, -0.05) is 0 Å². The van der Waals surface area contributed by atoms with Crippen molar-refractivity contribution in [2.75, 3.05) is 6.54 Å². The molecule has 0 atom stereocenters. The summed E-state index contributed by atoms with van der Waals surface area (Å²) < 4.78 is 28.0. The average molecular weight is 265 g/mol. The lowest BCUT2D eigenvalue weighted by Crippen LogP contribution is -2.19. The number of rotatable bonds is 6. The molecule has 102 valence electrons. The van der Waals surface area contributed by atoms with Crippen molar-refractivity contribution in [2.24, 2.45) is 0 Å². The van der Waals surface area contributed by atoms with E-state index in [9.17, 15) is 8.78 Å². The first kappa shape index (κ1) is 13.7. The lowest BCUT2D eigenvalue weighted by Gasteiger charge is -2.07. The monoisotopic (exact) mass is 265 g/mol. The fraction of sp³-hybridized carbons (Fsp3) is 0.357. The van der Waals surface area contributed by atoms with E-state index in [0.29, 0.717) is 25.1 Å². The van der Waals surface area contributed by atoms with E-state index in [0.717, 1.165) is 18.4 Å². The van der Waals surface area contributed by atoms with E-state index in [1.165, 1.54) is 12.1 Å². The highest BCUT2D eigenvalue weighted by Crippen LogP contribution is 2.08. The topological polar surface area (TPSA) is 29.9 Å². The number of aromatic nitrogens is 2. The van der Waals surface area contributed by atoms with E-state index >= 15 is 0 Å². The molecule has 0 unspecified atom stereocenters. The molecular weight excluding hydrogens is 248 g/mol. The molecule has 0 aliphatic carbocycles. The van der Waals surface area contributed by atoms with Gasteiger partial charge in [0.1, 0.15) is 17.5 Å². The van der Waals surface area contributed by atoms with Crippen molar-refractivity contribution < 1.29 is 8.78 Å². The highest BCUT2D eigenvalue weighted by atomic mass is 19.1. The Morgan fingerprint density at radius 2 is 1.95 bits per heavy atom. The largest absolute Gasteiger partial charge is 0.334 e. The summed E-state index contributed by atoms with van der Waals surface area (Å²) in [7, 11) is 0. The van der Waals surface area contributed by atoms with Gasteiger partial charge < -0.3 is 9.88 Å². The summed E-state index contributed by atoms with van der Waals surface area (Å²) >= 11 is 0. The van der Waals surface area contributed by atoms with Crippen LogP contribution in [0.25, 0.3) is 0 Å². The molecule has 0 radical (unpaired) electrons. The van der Waals surface area contributed by atoms with Gasteiger partial charge in [0.25, 0.3) is 0 Å². The Labute approximate surface area is 111 Å². The average Bonchev–Trinajstić information content (AvgIpc) is 2.81. The van der Waals surface area contributed by atoms with Gasteiger partial charge in [-0.25, -0.2) is 13.8 Å². The second-order valence-electron chi connectivity index (χ2n) is 4.33. The highest BCUT2D eigenvalue weighted by molar-refractivity contribution is 5.18. The van der Waals surface area contributed by atoms with Crippen LogP contribution in [-0.4, -0.2) is 16.1 Å². The quantitative estimate of drug-likeness (QED) is 0.813. The summed E-state index contributed by atoms with van der Waals surface area (Å²) in [6.45, 7) is 4.24.